The normalized spacial score (nSPS) is 11.9. The Balaban J connectivity index is 0.00000261. The van der Waals surface area contributed by atoms with Gasteiger partial charge in [0.25, 0.3) is 0 Å². The maximum Gasteiger partial charge on any atom is 0.0849 e. The molecule has 0 saturated carbocycles. The van der Waals surface area contributed by atoms with Crippen LogP contribution >= 0.6 is 0 Å². The molecular formula is C23H23CoN3. The summed E-state index contributed by atoms with van der Waals surface area (Å²) >= 11 is 0. The van der Waals surface area contributed by atoms with Crippen molar-refractivity contribution in [3.8, 4) is 0 Å². The second-order valence-corrected chi connectivity index (χ2v) is 6.38. The molecule has 0 N–H and O–H groups in total. The summed E-state index contributed by atoms with van der Waals surface area (Å²) in [6.45, 7) is 8.11. The van der Waals surface area contributed by atoms with Crippen LogP contribution in [0.5, 0.6) is 0 Å². The standard InChI is InChI=1S/C23H23N3.Co/c1-16-10-5-7-12-20(16)24-18(3)22-14-9-15-23(26-22)19(4)25-21-13-8-6-11-17(21)2;/h5-15H,1-4H3;. The molecule has 1 aromatic heterocycles. The maximum absolute atomic E-state index is 4.76. The van der Waals surface area contributed by atoms with Crippen molar-refractivity contribution >= 4 is 22.8 Å². The van der Waals surface area contributed by atoms with Gasteiger partial charge in [-0.3, -0.25) is 9.98 Å². The fraction of sp³-hybridized carbons (Fsp3) is 0.174. The number of hydrogen-bond acceptors (Lipinski definition) is 3. The van der Waals surface area contributed by atoms with Crippen LogP contribution in [-0.4, -0.2) is 16.4 Å². The molecule has 0 aliphatic heterocycles. The molecule has 4 heteroatoms. The summed E-state index contributed by atoms with van der Waals surface area (Å²) < 4.78 is 0. The quantitative estimate of drug-likeness (QED) is 0.497. The Morgan fingerprint density at radius 1 is 0.630 bits per heavy atom. The van der Waals surface area contributed by atoms with Crippen molar-refractivity contribution in [3.63, 3.8) is 0 Å². The van der Waals surface area contributed by atoms with E-state index in [4.69, 9.17) is 15.0 Å². The molecule has 3 rings (SSSR count). The van der Waals surface area contributed by atoms with Crippen molar-refractivity contribution in [1.29, 1.82) is 0 Å². The van der Waals surface area contributed by atoms with E-state index >= 15 is 0 Å². The smallest absolute Gasteiger partial charge is 0.0849 e. The number of aliphatic imine (C=N–C) groups is 2. The molecule has 0 spiro atoms. The van der Waals surface area contributed by atoms with Gasteiger partial charge in [0.05, 0.1) is 34.2 Å². The summed E-state index contributed by atoms with van der Waals surface area (Å²) in [6, 6.07) is 22.2. The van der Waals surface area contributed by atoms with Crippen LogP contribution in [0.25, 0.3) is 0 Å². The third-order valence-electron chi connectivity index (χ3n) is 4.30. The van der Waals surface area contributed by atoms with Gasteiger partial charge in [-0.1, -0.05) is 42.5 Å². The molecular weight excluding hydrogens is 377 g/mol. The molecule has 0 atom stereocenters. The Hall–Kier alpha value is -2.56. The first kappa shape index (κ1) is 20.7. The van der Waals surface area contributed by atoms with Crippen LogP contribution in [0.3, 0.4) is 0 Å². The summed E-state index contributed by atoms with van der Waals surface area (Å²) in [5, 5.41) is 0. The summed E-state index contributed by atoms with van der Waals surface area (Å²) in [7, 11) is 0. The van der Waals surface area contributed by atoms with Crippen molar-refractivity contribution in [2.45, 2.75) is 27.7 Å². The second-order valence-electron chi connectivity index (χ2n) is 6.38. The van der Waals surface area contributed by atoms with Crippen molar-refractivity contribution in [2.24, 2.45) is 9.98 Å². The van der Waals surface area contributed by atoms with Crippen molar-refractivity contribution in [2.75, 3.05) is 0 Å². The van der Waals surface area contributed by atoms with Crippen molar-refractivity contribution in [3.05, 3.63) is 89.2 Å². The van der Waals surface area contributed by atoms with E-state index in [1.54, 1.807) is 0 Å². The molecule has 3 aromatic rings. The molecule has 0 amide bonds. The topological polar surface area (TPSA) is 37.6 Å². The third kappa shape index (κ3) is 5.22. The minimum Gasteiger partial charge on any atom is -0.251 e. The predicted octanol–water partition coefficient (Wildman–Crippen LogP) is 5.98. The van der Waals surface area contributed by atoms with Gasteiger partial charge in [0.1, 0.15) is 0 Å². The van der Waals surface area contributed by atoms with Crippen LogP contribution in [0, 0.1) is 13.8 Å². The molecule has 1 radical (unpaired) electrons. The molecule has 3 nitrogen and oxygen atoms in total. The van der Waals surface area contributed by atoms with E-state index in [1.807, 2.05) is 68.4 Å². The third-order valence-corrected chi connectivity index (χ3v) is 4.30. The first-order chi connectivity index (χ1) is 12.5. The fourth-order valence-corrected chi connectivity index (χ4v) is 2.69. The molecule has 139 valence electrons. The van der Waals surface area contributed by atoms with Gasteiger partial charge in [0.15, 0.2) is 0 Å². The van der Waals surface area contributed by atoms with Crippen LogP contribution in [0.2, 0.25) is 0 Å². The van der Waals surface area contributed by atoms with Crippen LogP contribution in [0.15, 0.2) is 76.7 Å². The average molecular weight is 400 g/mol. The van der Waals surface area contributed by atoms with E-state index in [0.29, 0.717) is 0 Å². The summed E-state index contributed by atoms with van der Waals surface area (Å²) in [4.78, 5) is 14.2. The molecule has 0 saturated heterocycles. The van der Waals surface area contributed by atoms with Crippen molar-refractivity contribution < 1.29 is 16.8 Å². The summed E-state index contributed by atoms with van der Waals surface area (Å²) in [5.41, 5.74) is 7.77. The van der Waals surface area contributed by atoms with E-state index in [9.17, 15) is 0 Å². The maximum atomic E-state index is 4.76. The molecule has 0 aliphatic rings. The Morgan fingerprint density at radius 3 is 1.44 bits per heavy atom. The molecule has 0 bridgehead atoms. The molecule has 0 aliphatic carbocycles. The van der Waals surface area contributed by atoms with E-state index in [0.717, 1.165) is 45.3 Å². The zero-order valence-electron chi connectivity index (χ0n) is 16.0. The number of hydrogen-bond donors (Lipinski definition) is 0. The van der Waals surface area contributed by atoms with E-state index in [-0.39, 0.29) is 16.8 Å². The molecule has 0 unspecified atom stereocenters. The van der Waals surface area contributed by atoms with Crippen LogP contribution < -0.4 is 0 Å². The van der Waals surface area contributed by atoms with Crippen LogP contribution in [0.4, 0.5) is 11.4 Å². The number of pyridine rings is 1. The summed E-state index contributed by atoms with van der Waals surface area (Å²) in [5.74, 6) is 0. The molecule has 1 heterocycles. The fourth-order valence-electron chi connectivity index (χ4n) is 2.69. The van der Waals surface area contributed by atoms with Gasteiger partial charge >= 0.3 is 0 Å². The van der Waals surface area contributed by atoms with Gasteiger partial charge in [-0.15, -0.1) is 0 Å². The Kier molecular flexibility index (Phi) is 7.22. The van der Waals surface area contributed by atoms with E-state index in [1.165, 1.54) is 0 Å². The zero-order valence-corrected chi connectivity index (χ0v) is 17.1. The minimum absolute atomic E-state index is 0. The minimum atomic E-state index is 0. The zero-order chi connectivity index (χ0) is 18.5. The van der Waals surface area contributed by atoms with Crippen LogP contribution in [0.1, 0.15) is 36.4 Å². The monoisotopic (exact) mass is 400 g/mol. The number of benzene rings is 2. The van der Waals surface area contributed by atoms with Gasteiger partial charge in [-0.05, 0) is 63.1 Å². The van der Waals surface area contributed by atoms with Crippen LogP contribution in [-0.2, 0) is 16.8 Å². The molecule has 2 aromatic carbocycles. The number of aromatic nitrogens is 1. The van der Waals surface area contributed by atoms with Gasteiger partial charge in [-0.2, -0.15) is 0 Å². The van der Waals surface area contributed by atoms with E-state index < -0.39 is 0 Å². The van der Waals surface area contributed by atoms with Gasteiger partial charge in [0, 0.05) is 16.8 Å². The van der Waals surface area contributed by atoms with Gasteiger partial charge < -0.3 is 0 Å². The van der Waals surface area contributed by atoms with E-state index in [2.05, 4.69) is 26.0 Å². The van der Waals surface area contributed by atoms with Gasteiger partial charge in [0.2, 0.25) is 0 Å². The number of rotatable bonds is 4. The Morgan fingerprint density at radius 2 is 1.04 bits per heavy atom. The molecule has 0 fully saturated rings. The van der Waals surface area contributed by atoms with Crippen molar-refractivity contribution in [1.82, 2.24) is 4.98 Å². The van der Waals surface area contributed by atoms with Gasteiger partial charge in [-0.25, -0.2) is 4.98 Å². The number of nitrogens with zero attached hydrogens (tertiary/aromatic N) is 3. The predicted molar refractivity (Wildman–Crippen MR) is 110 cm³/mol. The number of para-hydroxylation sites is 2. The number of aryl methyl sites for hydroxylation is 2. The SMILES string of the molecule is CC(=Nc1ccccc1C)c1cccc(C(C)=Nc2ccccc2C)n1.[Co]. The largest absolute Gasteiger partial charge is 0.251 e. The Labute approximate surface area is 171 Å². The Bertz CT molecular complexity index is 913. The second kappa shape index (κ2) is 9.40. The first-order valence-corrected chi connectivity index (χ1v) is 8.74. The first-order valence-electron chi connectivity index (χ1n) is 8.74. The summed E-state index contributed by atoms with van der Waals surface area (Å²) in [6.07, 6.45) is 0. The molecule has 27 heavy (non-hydrogen) atoms. The average Bonchev–Trinajstić information content (AvgIpc) is 2.65.